The molecule has 0 aliphatic rings. The molecule has 1 atom stereocenters. The number of aromatic nitrogens is 4. The van der Waals surface area contributed by atoms with E-state index < -0.39 is 0 Å². The maximum Gasteiger partial charge on any atom is 0.242 e. The average Bonchev–Trinajstić information content (AvgIpc) is 2.79. The number of carbonyl (C=O) groups excluding carboxylic acids is 1. The topological polar surface area (TPSA) is 56.0 Å². The Kier molecular flexibility index (Phi) is 3.54. The number of alkyl halides is 1. The lowest BCUT2D eigenvalue weighted by atomic mass is 10.4. The van der Waals surface area contributed by atoms with E-state index in [1.165, 1.54) is 0 Å². The summed E-state index contributed by atoms with van der Waals surface area (Å²) < 4.78 is 3.58. The summed E-state index contributed by atoms with van der Waals surface area (Å²) in [5.74, 6) is 0.694. The Balaban J connectivity index is 2.61. The molecule has 0 saturated carbocycles. The molecule has 7 heteroatoms. The summed E-state index contributed by atoms with van der Waals surface area (Å²) in [6, 6.07) is 0. The molecule has 0 bridgehead atoms. The Bertz CT molecular complexity index is 626. The molecule has 19 heavy (non-hydrogen) atoms. The number of aryl methyl sites for hydroxylation is 2. The van der Waals surface area contributed by atoms with Gasteiger partial charge in [0.05, 0.1) is 11.1 Å². The van der Waals surface area contributed by atoms with Crippen LogP contribution in [0.4, 0.5) is 0 Å². The molecular weight excluding hydrogens is 266 g/mol. The molecular formula is C12H18ClN5O. The molecule has 104 valence electrons. The lowest BCUT2D eigenvalue weighted by molar-refractivity contribution is -0.129. The standard InChI is InChI=1S/C12H18ClN5O/c1-7(13)11-14-10-8(2)15-17(5)12(10)18(11)6-9(19)16(3)4/h7H,6H2,1-5H3. The zero-order valence-corrected chi connectivity index (χ0v) is 12.6. The van der Waals surface area contributed by atoms with Crippen molar-refractivity contribution >= 4 is 28.7 Å². The van der Waals surface area contributed by atoms with E-state index in [1.807, 2.05) is 25.5 Å². The van der Waals surface area contributed by atoms with Gasteiger partial charge in [0.1, 0.15) is 17.9 Å². The van der Waals surface area contributed by atoms with Crippen LogP contribution >= 0.6 is 11.6 Å². The fourth-order valence-corrected chi connectivity index (χ4v) is 2.25. The van der Waals surface area contributed by atoms with Gasteiger partial charge in [0.15, 0.2) is 5.65 Å². The number of hydrogen-bond donors (Lipinski definition) is 0. The molecule has 0 spiro atoms. The number of amides is 1. The second-order valence-electron chi connectivity index (χ2n) is 4.84. The first kappa shape index (κ1) is 13.9. The zero-order chi connectivity index (χ0) is 14.3. The third-order valence-corrected chi connectivity index (χ3v) is 3.26. The lowest BCUT2D eigenvalue weighted by Gasteiger charge is -2.14. The minimum atomic E-state index is -0.262. The Hall–Kier alpha value is -1.56. The van der Waals surface area contributed by atoms with Crippen LogP contribution in [0.2, 0.25) is 0 Å². The highest BCUT2D eigenvalue weighted by Gasteiger charge is 2.22. The van der Waals surface area contributed by atoms with Crippen LogP contribution in [0.5, 0.6) is 0 Å². The Morgan fingerprint density at radius 1 is 1.47 bits per heavy atom. The van der Waals surface area contributed by atoms with Gasteiger partial charge in [-0.05, 0) is 13.8 Å². The number of fused-ring (bicyclic) bond motifs is 1. The van der Waals surface area contributed by atoms with Crippen LogP contribution in [0.3, 0.4) is 0 Å². The van der Waals surface area contributed by atoms with Crippen molar-refractivity contribution in [1.82, 2.24) is 24.2 Å². The molecule has 2 rings (SSSR count). The summed E-state index contributed by atoms with van der Waals surface area (Å²) in [6.07, 6.45) is 0. The Labute approximate surface area is 117 Å². The molecule has 1 amide bonds. The van der Waals surface area contributed by atoms with Crippen LogP contribution in [-0.2, 0) is 18.4 Å². The first-order valence-electron chi connectivity index (χ1n) is 6.07. The van der Waals surface area contributed by atoms with Crippen LogP contribution in [0.15, 0.2) is 0 Å². The highest BCUT2D eigenvalue weighted by Crippen LogP contribution is 2.25. The highest BCUT2D eigenvalue weighted by molar-refractivity contribution is 6.20. The summed E-state index contributed by atoms with van der Waals surface area (Å²) in [4.78, 5) is 18.0. The molecule has 0 radical (unpaired) electrons. The fraction of sp³-hybridized carbons (Fsp3) is 0.583. The Morgan fingerprint density at radius 3 is 2.63 bits per heavy atom. The number of likely N-dealkylation sites (N-methyl/N-ethyl adjacent to an activating group) is 1. The van der Waals surface area contributed by atoms with E-state index in [1.54, 1.807) is 23.7 Å². The minimum Gasteiger partial charge on any atom is -0.347 e. The van der Waals surface area contributed by atoms with E-state index in [9.17, 15) is 4.79 Å². The predicted octanol–water partition coefficient (Wildman–Crippen LogP) is 1.47. The third-order valence-electron chi connectivity index (χ3n) is 3.07. The van der Waals surface area contributed by atoms with Gasteiger partial charge in [-0.1, -0.05) is 0 Å². The van der Waals surface area contributed by atoms with Crippen LogP contribution in [0, 0.1) is 6.92 Å². The van der Waals surface area contributed by atoms with Crippen molar-refractivity contribution in [1.29, 1.82) is 0 Å². The summed E-state index contributed by atoms with van der Waals surface area (Å²) >= 11 is 6.17. The first-order valence-corrected chi connectivity index (χ1v) is 6.50. The third kappa shape index (κ3) is 2.32. The smallest absolute Gasteiger partial charge is 0.242 e. The van der Waals surface area contributed by atoms with Gasteiger partial charge in [0, 0.05) is 21.1 Å². The average molecular weight is 284 g/mol. The minimum absolute atomic E-state index is 0.00304. The van der Waals surface area contributed by atoms with Crippen molar-refractivity contribution in [3.05, 3.63) is 11.5 Å². The number of imidazole rings is 1. The molecule has 2 heterocycles. The van der Waals surface area contributed by atoms with Crippen LogP contribution in [0.1, 0.15) is 23.8 Å². The van der Waals surface area contributed by atoms with Crippen molar-refractivity contribution in [2.75, 3.05) is 14.1 Å². The largest absolute Gasteiger partial charge is 0.347 e. The van der Waals surface area contributed by atoms with Crippen LogP contribution in [0.25, 0.3) is 11.2 Å². The molecule has 0 aromatic carbocycles. The quantitative estimate of drug-likeness (QED) is 0.802. The van der Waals surface area contributed by atoms with Crippen molar-refractivity contribution in [3.8, 4) is 0 Å². The maximum absolute atomic E-state index is 12.0. The molecule has 6 nitrogen and oxygen atoms in total. The molecule has 0 aliphatic heterocycles. The second kappa shape index (κ2) is 4.85. The van der Waals surface area contributed by atoms with Crippen molar-refractivity contribution in [3.63, 3.8) is 0 Å². The van der Waals surface area contributed by atoms with E-state index in [2.05, 4.69) is 10.1 Å². The number of hydrogen-bond acceptors (Lipinski definition) is 3. The zero-order valence-electron chi connectivity index (χ0n) is 11.8. The van der Waals surface area contributed by atoms with E-state index in [4.69, 9.17) is 11.6 Å². The first-order chi connectivity index (χ1) is 8.82. The van der Waals surface area contributed by atoms with Gasteiger partial charge < -0.3 is 9.47 Å². The van der Waals surface area contributed by atoms with Crippen molar-refractivity contribution in [2.45, 2.75) is 25.8 Å². The van der Waals surface area contributed by atoms with E-state index >= 15 is 0 Å². The number of rotatable bonds is 3. The molecule has 2 aromatic rings. The SMILES string of the molecule is Cc1nn(C)c2c1nc(C(C)Cl)n2CC(=O)N(C)C. The molecule has 1 unspecified atom stereocenters. The van der Waals surface area contributed by atoms with Gasteiger partial charge in [0.25, 0.3) is 0 Å². The highest BCUT2D eigenvalue weighted by atomic mass is 35.5. The normalized spacial score (nSPS) is 12.9. The molecule has 0 N–H and O–H groups in total. The maximum atomic E-state index is 12.0. The second-order valence-corrected chi connectivity index (χ2v) is 5.50. The molecule has 0 aliphatic carbocycles. The van der Waals surface area contributed by atoms with Gasteiger partial charge in [0.2, 0.25) is 5.91 Å². The summed E-state index contributed by atoms with van der Waals surface area (Å²) in [7, 11) is 5.31. The summed E-state index contributed by atoms with van der Waals surface area (Å²) in [5, 5.41) is 4.07. The number of nitrogens with zero attached hydrogens (tertiary/aromatic N) is 5. The Morgan fingerprint density at radius 2 is 2.11 bits per heavy atom. The van der Waals surface area contributed by atoms with Gasteiger partial charge in [-0.15, -0.1) is 11.6 Å². The van der Waals surface area contributed by atoms with Gasteiger partial charge in [-0.25, -0.2) is 4.98 Å². The van der Waals surface area contributed by atoms with Gasteiger partial charge in [-0.2, -0.15) is 5.10 Å². The van der Waals surface area contributed by atoms with Crippen molar-refractivity contribution in [2.24, 2.45) is 7.05 Å². The van der Waals surface area contributed by atoms with Gasteiger partial charge >= 0.3 is 0 Å². The van der Waals surface area contributed by atoms with E-state index in [0.717, 1.165) is 16.9 Å². The number of halogens is 1. The predicted molar refractivity (Wildman–Crippen MR) is 74.2 cm³/mol. The monoisotopic (exact) mass is 283 g/mol. The van der Waals surface area contributed by atoms with E-state index in [0.29, 0.717) is 5.82 Å². The molecule has 0 saturated heterocycles. The molecule has 2 aromatic heterocycles. The number of carbonyl (C=O) groups is 1. The van der Waals surface area contributed by atoms with Crippen molar-refractivity contribution < 1.29 is 4.79 Å². The summed E-state index contributed by atoms with van der Waals surface area (Å²) in [6.45, 7) is 3.97. The molecule has 0 fully saturated rings. The van der Waals surface area contributed by atoms with Gasteiger partial charge in [-0.3, -0.25) is 9.48 Å². The fourth-order valence-electron chi connectivity index (χ4n) is 2.09. The lowest BCUT2D eigenvalue weighted by Crippen LogP contribution is -2.27. The summed E-state index contributed by atoms with van der Waals surface area (Å²) in [5.41, 5.74) is 2.47. The van der Waals surface area contributed by atoms with E-state index in [-0.39, 0.29) is 17.8 Å². The van der Waals surface area contributed by atoms with Crippen LogP contribution < -0.4 is 0 Å². The van der Waals surface area contributed by atoms with Crippen LogP contribution in [-0.4, -0.2) is 44.2 Å².